The molecule has 3 heteroatoms. The van der Waals surface area contributed by atoms with Crippen LogP contribution >= 0.6 is 0 Å². The second-order valence-corrected chi connectivity index (χ2v) is 7.25. The van der Waals surface area contributed by atoms with Crippen LogP contribution in [0.4, 0.5) is 0 Å². The van der Waals surface area contributed by atoms with Crippen LogP contribution in [0.5, 0.6) is 0 Å². The summed E-state index contributed by atoms with van der Waals surface area (Å²) in [7, 11) is 0. The molecule has 0 saturated carbocycles. The molecule has 0 aromatic carbocycles. The minimum absolute atomic E-state index is 0.212. The molecule has 3 rings (SSSR count). The van der Waals surface area contributed by atoms with Crippen LogP contribution in [0.25, 0.3) is 0 Å². The van der Waals surface area contributed by atoms with Crippen molar-refractivity contribution < 1.29 is 14.3 Å². The van der Waals surface area contributed by atoms with E-state index in [9.17, 15) is 4.79 Å². The summed E-state index contributed by atoms with van der Waals surface area (Å²) in [5, 5.41) is 0. The number of rotatable bonds is 5. The van der Waals surface area contributed by atoms with Gasteiger partial charge in [0.1, 0.15) is 6.29 Å². The molecule has 2 fully saturated rings. The Bertz CT molecular complexity index is 305. The number of carbonyl (C=O) groups is 1. The molecule has 140 valence electrons. The highest BCUT2D eigenvalue weighted by Gasteiger charge is 2.14. The molecule has 3 nitrogen and oxygen atoms in total. The van der Waals surface area contributed by atoms with Crippen LogP contribution in [0.15, 0.2) is 11.6 Å². The third-order valence-electron chi connectivity index (χ3n) is 4.78. The normalized spacial score (nSPS) is 24.1. The third-order valence-corrected chi connectivity index (χ3v) is 4.78. The Morgan fingerprint density at radius 2 is 1.71 bits per heavy atom. The Morgan fingerprint density at radius 3 is 2.04 bits per heavy atom. The van der Waals surface area contributed by atoms with Gasteiger partial charge in [-0.05, 0) is 57.3 Å². The summed E-state index contributed by atoms with van der Waals surface area (Å²) < 4.78 is 9.89. The maximum Gasteiger partial charge on any atom is 0.123 e. The van der Waals surface area contributed by atoms with Crippen molar-refractivity contribution in [3.63, 3.8) is 0 Å². The van der Waals surface area contributed by atoms with Crippen LogP contribution in [0.1, 0.15) is 78.1 Å². The predicted molar refractivity (Wildman–Crippen MR) is 100 cm³/mol. The third kappa shape index (κ3) is 11.0. The molecule has 24 heavy (non-hydrogen) atoms. The van der Waals surface area contributed by atoms with Crippen LogP contribution in [0.3, 0.4) is 0 Å². The first-order chi connectivity index (χ1) is 11.8. The second-order valence-electron chi connectivity index (χ2n) is 7.25. The number of ether oxygens (including phenoxy) is 2. The summed E-state index contributed by atoms with van der Waals surface area (Å²) in [6.45, 7) is 8.26. The lowest BCUT2D eigenvalue weighted by Crippen LogP contribution is -2.07. The fraction of sp³-hybridized carbons (Fsp3) is 0.857. The lowest BCUT2D eigenvalue weighted by Gasteiger charge is -2.22. The summed E-state index contributed by atoms with van der Waals surface area (Å²) in [6.07, 6.45) is 16.0. The summed E-state index contributed by atoms with van der Waals surface area (Å²) in [4.78, 5) is 10.5. The summed E-state index contributed by atoms with van der Waals surface area (Å²) in [5.41, 5.74) is 1.51. The van der Waals surface area contributed by atoms with E-state index in [1.807, 2.05) is 6.92 Å². The van der Waals surface area contributed by atoms with Gasteiger partial charge in [0, 0.05) is 32.3 Å². The molecule has 0 radical (unpaired) electrons. The molecule has 2 atom stereocenters. The van der Waals surface area contributed by atoms with E-state index < -0.39 is 0 Å². The van der Waals surface area contributed by atoms with Crippen molar-refractivity contribution in [2.75, 3.05) is 26.4 Å². The van der Waals surface area contributed by atoms with E-state index in [2.05, 4.69) is 13.0 Å². The first kappa shape index (κ1) is 21.4. The molecule has 0 spiro atoms. The molecule has 3 aliphatic rings. The van der Waals surface area contributed by atoms with Crippen LogP contribution in [-0.4, -0.2) is 32.7 Å². The van der Waals surface area contributed by atoms with Gasteiger partial charge in [-0.15, -0.1) is 0 Å². The maximum atomic E-state index is 10.5. The van der Waals surface area contributed by atoms with E-state index in [1.54, 1.807) is 0 Å². The van der Waals surface area contributed by atoms with E-state index >= 15 is 0 Å². The van der Waals surface area contributed by atoms with Gasteiger partial charge < -0.3 is 14.3 Å². The Kier molecular flexibility index (Phi) is 13.1. The number of aldehydes is 1. The van der Waals surface area contributed by atoms with Crippen LogP contribution in [-0.2, 0) is 14.3 Å². The van der Waals surface area contributed by atoms with Crippen molar-refractivity contribution in [1.29, 1.82) is 0 Å². The molecular weight excluding hydrogens is 300 g/mol. The zero-order chi connectivity index (χ0) is 17.5. The maximum absolute atomic E-state index is 10.5. The van der Waals surface area contributed by atoms with Gasteiger partial charge in [-0.2, -0.15) is 0 Å². The molecule has 1 aliphatic carbocycles. The molecule has 2 aliphatic heterocycles. The first-order valence-electron chi connectivity index (χ1n) is 10.0. The van der Waals surface area contributed by atoms with Crippen molar-refractivity contribution in [2.24, 2.45) is 11.8 Å². The lowest BCUT2D eigenvalue weighted by molar-refractivity contribution is -0.110. The molecule has 2 unspecified atom stereocenters. The second kappa shape index (κ2) is 14.7. The van der Waals surface area contributed by atoms with Crippen molar-refractivity contribution in [3.05, 3.63) is 11.6 Å². The highest BCUT2D eigenvalue weighted by atomic mass is 16.5. The van der Waals surface area contributed by atoms with E-state index in [-0.39, 0.29) is 5.92 Å². The monoisotopic (exact) mass is 338 g/mol. The number of hydrogen-bond donors (Lipinski definition) is 0. The molecule has 0 amide bonds. The Balaban J connectivity index is 0.000000231. The lowest BCUT2D eigenvalue weighted by atomic mass is 9.84. The molecule has 0 aromatic rings. The smallest absolute Gasteiger partial charge is 0.123 e. The number of allylic oxidation sites excluding steroid dienone is 2. The van der Waals surface area contributed by atoms with Crippen LogP contribution in [0.2, 0.25) is 0 Å². The fourth-order valence-electron chi connectivity index (χ4n) is 3.28. The van der Waals surface area contributed by atoms with E-state index in [1.165, 1.54) is 63.4 Å². The van der Waals surface area contributed by atoms with Gasteiger partial charge >= 0.3 is 0 Å². The summed E-state index contributed by atoms with van der Waals surface area (Å²) in [6, 6.07) is 0. The first-order valence-corrected chi connectivity index (χ1v) is 10.0. The number of hydrogen-bond acceptors (Lipinski definition) is 3. The Morgan fingerprint density at radius 1 is 1.12 bits per heavy atom. The topological polar surface area (TPSA) is 35.5 Å². The van der Waals surface area contributed by atoms with Crippen molar-refractivity contribution in [3.8, 4) is 0 Å². The standard InChI is InChI=1S/C13H22O.2C4H8O/c1-3-4-12-5-7-13(8-6-12)9-11(2)10-14;2*1-2-4-5-3-1/h7,10-12H,3-6,8-9H2,1-2H3;2*1-4H2. The fourth-order valence-corrected chi connectivity index (χ4v) is 3.28. The molecule has 0 bridgehead atoms. The minimum Gasteiger partial charge on any atom is -0.381 e. The average Bonchev–Trinajstić information content (AvgIpc) is 3.35. The van der Waals surface area contributed by atoms with Gasteiger partial charge in [-0.1, -0.05) is 38.3 Å². The minimum atomic E-state index is 0.212. The van der Waals surface area contributed by atoms with E-state index in [0.29, 0.717) is 0 Å². The summed E-state index contributed by atoms with van der Waals surface area (Å²) in [5.74, 6) is 1.12. The Labute approximate surface area is 149 Å². The predicted octanol–water partition coefficient (Wildman–Crippen LogP) is 5.33. The molecule has 2 heterocycles. The van der Waals surface area contributed by atoms with Crippen molar-refractivity contribution >= 4 is 6.29 Å². The molecular formula is C21H38O3. The van der Waals surface area contributed by atoms with Gasteiger partial charge in [0.15, 0.2) is 0 Å². The van der Waals surface area contributed by atoms with Gasteiger partial charge in [0.2, 0.25) is 0 Å². The van der Waals surface area contributed by atoms with Crippen LogP contribution in [0, 0.1) is 11.8 Å². The molecule has 0 aromatic heterocycles. The average molecular weight is 339 g/mol. The molecule has 0 N–H and O–H groups in total. The Hall–Kier alpha value is -0.670. The van der Waals surface area contributed by atoms with E-state index in [0.717, 1.165) is 45.1 Å². The van der Waals surface area contributed by atoms with E-state index in [4.69, 9.17) is 9.47 Å². The quantitative estimate of drug-likeness (QED) is 0.502. The largest absolute Gasteiger partial charge is 0.381 e. The van der Waals surface area contributed by atoms with Crippen molar-refractivity contribution in [1.82, 2.24) is 0 Å². The van der Waals surface area contributed by atoms with Crippen molar-refractivity contribution in [2.45, 2.75) is 78.1 Å². The van der Waals surface area contributed by atoms with Gasteiger partial charge in [0.25, 0.3) is 0 Å². The zero-order valence-corrected chi connectivity index (χ0v) is 15.9. The highest BCUT2D eigenvalue weighted by Crippen LogP contribution is 2.29. The van der Waals surface area contributed by atoms with Gasteiger partial charge in [0.05, 0.1) is 0 Å². The highest BCUT2D eigenvalue weighted by molar-refractivity contribution is 5.53. The van der Waals surface area contributed by atoms with Crippen LogP contribution < -0.4 is 0 Å². The summed E-state index contributed by atoms with van der Waals surface area (Å²) >= 11 is 0. The zero-order valence-electron chi connectivity index (χ0n) is 15.9. The SMILES string of the molecule is C1CCOC1.C1CCOC1.CCCC1CC=C(CC(C)C=O)CC1. The van der Waals surface area contributed by atoms with Gasteiger partial charge in [-0.3, -0.25) is 0 Å². The molecule has 2 saturated heterocycles. The van der Waals surface area contributed by atoms with Gasteiger partial charge in [-0.25, -0.2) is 0 Å². The number of carbonyl (C=O) groups excluding carboxylic acids is 1.